The van der Waals surface area contributed by atoms with Crippen LogP contribution in [0, 0.1) is 17.3 Å². The summed E-state index contributed by atoms with van der Waals surface area (Å²) in [4.78, 5) is 9.97. The standard InChI is InChI=1S/C20H22F5N3O2/c1-4-5-13(27-17(29-3)18(2)6-7-18)14-8-16(30-12-20(23,24)25)15(9-26-14)28-10-19(21,22)11-28/h8-9,13H,6-7,10-12H2,1-3H3. The minimum atomic E-state index is -4.58. The van der Waals surface area contributed by atoms with Gasteiger partial charge in [0.25, 0.3) is 5.92 Å². The smallest absolute Gasteiger partial charge is 0.422 e. The summed E-state index contributed by atoms with van der Waals surface area (Å²) in [5.74, 6) is 2.99. The number of hydrogen-bond acceptors (Lipinski definition) is 5. The van der Waals surface area contributed by atoms with Crippen molar-refractivity contribution in [2.45, 2.75) is 44.8 Å². The number of hydrogen-bond donors (Lipinski definition) is 0. The number of rotatable bonds is 6. The number of alkyl halides is 5. The van der Waals surface area contributed by atoms with Gasteiger partial charge in [-0.2, -0.15) is 13.2 Å². The SMILES string of the molecule is CC#CC(N=C(OC)C1(C)CC1)c1cc(OCC(F)(F)F)c(N2CC(F)(F)C2)cn1. The Kier molecular flexibility index (Phi) is 5.85. The van der Waals surface area contributed by atoms with E-state index in [0.29, 0.717) is 5.90 Å². The maximum absolute atomic E-state index is 13.3. The molecule has 0 aromatic carbocycles. The molecule has 1 aromatic heterocycles. The van der Waals surface area contributed by atoms with Gasteiger partial charge in [-0.25, -0.2) is 13.8 Å². The Balaban J connectivity index is 1.94. The van der Waals surface area contributed by atoms with E-state index in [4.69, 9.17) is 9.47 Å². The molecule has 2 heterocycles. The molecule has 164 valence electrons. The first-order valence-corrected chi connectivity index (χ1v) is 9.33. The van der Waals surface area contributed by atoms with E-state index in [0.717, 1.165) is 12.8 Å². The van der Waals surface area contributed by atoms with E-state index in [1.807, 2.05) is 6.92 Å². The van der Waals surface area contributed by atoms with Gasteiger partial charge in [0, 0.05) is 11.5 Å². The number of ether oxygens (including phenoxy) is 2. The Morgan fingerprint density at radius 1 is 1.33 bits per heavy atom. The van der Waals surface area contributed by atoms with Crippen molar-refractivity contribution in [3.05, 3.63) is 18.0 Å². The molecule has 0 bridgehead atoms. The largest absolute Gasteiger partial charge is 0.484 e. The maximum atomic E-state index is 13.3. The van der Waals surface area contributed by atoms with Crippen LogP contribution in [0.15, 0.2) is 17.3 Å². The van der Waals surface area contributed by atoms with Gasteiger partial charge >= 0.3 is 6.18 Å². The highest BCUT2D eigenvalue weighted by atomic mass is 19.4. The van der Waals surface area contributed by atoms with Crippen LogP contribution in [0.1, 0.15) is 38.4 Å². The Labute approximate surface area is 171 Å². The fourth-order valence-corrected chi connectivity index (χ4v) is 3.07. The molecule has 1 unspecified atom stereocenters. The second-order valence-corrected chi connectivity index (χ2v) is 7.69. The van der Waals surface area contributed by atoms with Gasteiger partial charge in [-0.1, -0.05) is 12.8 Å². The molecular weight excluding hydrogens is 409 g/mol. The zero-order valence-corrected chi connectivity index (χ0v) is 16.8. The third-order valence-electron chi connectivity index (χ3n) is 4.96. The number of pyridine rings is 1. The summed E-state index contributed by atoms with van der Waals surface area (Å²) in [6.45, 7) is 0.815. The van der Waals surface area contributed by atoms with Crippen molar-refractivity contribution in [2.75, 3.05) is 31.7 Å². The van der Waals surface area contributed by atoms with E-state index in [2.05, 4.69) is 21.8 Å². The van der Waals surface area contributed by atoms with E-state index in [1.54, 1.807) is 6.92 Å². The van der Waals surface area contributed by atoms with Gasteiger partial charge in [-0.05, 0) is 19.8 Å². The molecule has 1 aliphatic carbocycles. The number of aromatic nitrogens is 1. The summed E-state index contributed by atoms with van der Waals surface area (Å²) < 4.78 is 74.9. The molecule has 1 atom stereocenters. The molecule has 2 fully saturated rings. The van der Waals surface area contributed by atoms with Crippen LogP contribution < -0.4 is 9.64 Å². The van der Waals surface area contributed by atoms with E-state index < -0.39 is 37.8 Å². The molecule has 0 amide bonds. The van der Waals surface area contributed by atoms with Crippen LogP contribution in [-0.4, -0.2) is 49.8 Å². The van der Waals surface area contributed by atoms with E-state index in [1.165, 1.54) is 24.3 Å². The van der Waals surface area contributed by atoms with E-state index in [-0.39, 0.29) is 22.5 Å². The molecular formula is C20H22F5N3O2. The normalized spacial score (nSPS) is 20.5. The van der Waals surface area contributed by atoms with Gasteiger partial charge in [0.05, 0.1) is 37.8 Å². The highest BCUT2D eigenvalue weighted by molar-refractivity contribution is 5.85. The van der Waals surface area contributed by atoms with Crippen LogP contribution in [0.2, 0.25) is 0 Å². The fraction of sp³-hybridized carbons (Fsp3) is 0.600. The number of halogens is 5. The van der Waals surface area contributed by atoms with Crippen molar-refractivity contribution in [2.24, 2.45) is 10.4 Å². The van der Waals surface area contributed by atoms with Gasteiger partial charge in [0.1, 0.15) is 5.75 Å². The Morgan fingerprint density at radius 3 is 2.50 bits per heavy atom. The molecule has 1 aromatic rings. The Bertz CT molecular complexity index is 877. The molecule has 0 spiro atoms. The quantitative estimate of drug-likeness (QED) is 0.290. The van der Waals surface area contributed by atoms with Gasteiger partial charge in [-0.3, -0.25) is 4.98 Å². The molecule has 0 N–H and O–H groups in total. The highest BCUT2D eigenvalue weighted by Crippen LogP contribution is 2.47. The van der Waals surface area contributed by atoms with Crippen molar-refractivity contribution < 1.29 is 31.4 Å². The predicted molar refractivity (Wildman–Crippen MR) is 101 cm³/mol. The zero-order valence-electron chi connectivity index (χ0n) is 16.8. The van der Waals surface area contributed by atoms with Crippen LogP contribution >= 0.6 is 0 Å². The van der Waals surface area contributed by atoms with Crippen LogP contribution in [0.5, 0.6) is 5.75 Å². The molecule has 0 radical (unpaired) electrons. The molecule has 5 nitrogen and oxygen atoms in total. The predicted octanol–water partition coefficient (Wildman–Crippen LogP) is 4.39. The van der Waals surface area contributed by atoms with E-state index >= 15 is 0 Å². The van der Waals surface area contributed by atoms with Crippen LogP contribution in [0.4, 0.5) is 27.6 Å². The van der Waals surface area contributed by atoms with Crippen molar-refractivity contribution in [1.82, 2.24) is 4.98 Å². The van der Waals surface area contributed by atoms with Crippen molar-refractivity contribution in [1.29, 1.82) is 0 Å². The molecule has 10 heteroatoms. The number of nitrogens with zero attached hydrogens (tertiary/aromatic N) is 3. The van der Waals surface area contributed by atoms with Gasteiger partial charge in [-0.15, -0.1) is 5.92 Å². The monoisotopic (exact) mass is 431 g/mol. The summed E-state index contributed by atoms with van der Waals surface area (Å²) in [6.07, 6.45) is -1.55. The molecule has 1 saturated carbocycles. The van der Waals surface area contributed by atoms with Crippen LogP contribution in [0.25, 0.3) is 0 Å². The Morgan fingerprint density at radius 2 is 2.00 bits per heavy atom. The summed E-state index contributed by atoms with van der Waals surface area (Å²) >= 11 is 0. The first kappa shape index (κ1) is 22.1. The summed E-state index contributed by atoms with van der Waals surface area (Å²) in [6, 6.07) is 0.487. The molecule has 1 saturated heterocycles. The van der Waals surface area contributed by atoms with Crippen LogP contribution in [-0.2, 0) is 4.74 Å². The maximum Gasteiger partial charge on any atom is 0.422 e. The average Bonchev–Trinajstić information content (AvgIpc) is 3.39. The van der Waals surface area contributed by atoms with Crippen LogP contribution in [0.3, 0.4) is 0 Å². The lowest BCUT2D eigenvalue weighted by atomic mass is 10.1. The molecule has 30 heavy (non-hydrogen) atoms. The average molecular weight is 431 g/mol. The fourth-order valence-electron chi connectivity index (χ4n) is 3.07. The lowest BCUT2D eigenvalue weighted by Gasteiger charge is -2.40. The van der Waals surface area contributed by atoms with E-state index in [9.17, 15) is 22.0 Å². The molecule has 1 aliphatic heterocycles. The topological polar surface area (TPSA) is 47.0 Å². The number of aliphatic imine (C=N–C) groups is 1. The van der Waals surface area contributed by atoms with Crippen molar-refractivity contribution in [3.8, 4) is 17.6 Å². The first-order valence-electron chi connectivity index (χ1n) is 9.33. The molecule has 3 rings (SSSR count). The summed E-state index contributed by atoms with van der Waals surface area (Å²) in [7, 11) is 1.50. The summed E-state index contributed by atoms with van der Waals surface area (Å²) in [5.41, 5.74) is 0.125. The van der Waals surface area contributed by atoms with Crippen molar-refractivity contribution >= 4 is 11.6 Å². The minimum Gasteiger partial charge on any atom is -0.484 e. The lowest BCUT2D eigenvalue weighted by molar-refractivity contribution is -0.153. The van der Waals surface area contributed by atoms with Gasteiger partial charge in [0.2, 0.25) is 0 Å². The zero-order chi connectivity index (χ0) is 22.2. The highest BCUT2D eigenvalue weighted by Gasteiger charge is 2.46. The van der Waals surface area contributed by atoms with Gasteiger partial charge < -0.3 is 14.4 Å². The minimum absolute atomic E-state index is 0.0715. The third kappa shape index (κ3) is 5.12. The first-order chi connectivity index (χ1) is 14.0. The Hall–Kier alpha value is -2.57. The van der Waals surface area contributed by atoms with Crippen molar-refractivity contribution in [3.63, 3.8) is 0 Å². The lowest BCUT2D eigenvalue weighted by Crippen LogP contribution is -2.56. The third-order valence-corrected chi connectivity index (χ3v) is 4.96. The number of methoxy groups -OCH3 is 1. The number of anilines is 1. The van der Waals surface area contributed by atoms with Gasteiger partial charge in [0.15, 0.2) is 18.5 Å². The molecule has 2 aliphatic rings. The summed E-state index contributed by atoms with van der Waals surface area (Å²) in [5, 5.41) is 0. The second kappa shape index (κ2) is 7.93. The second-order valence-electron chi connectivity index (χ2n) is 7.69.